The molecule has 0 heterocycles. The van der Waals surface area contributed by atoms with Crippen molar-refractivity contribution in [2.75, 3.05) is 7.11 Å². The van der Waals surface area contributed by atoms with Crippen LogP contribution in [-0.2, 0) is 4.74 Å². The molecule has 0 amide bonds. The van der Waals surface area contributed by atoms with Crippen LogP contribution in [0.3, 0.4) is 0 Å². The number of aromatic hydroxyl groups is 1. The molecule has 0 saturated heterocycles. The van der Waals surface area contributed by atoms with Gasteiger partial charge in [-0.3, -0.25) is 0 Å². The van der Waals surface area contributed by atoms with Gasteiger partial charge < -0.3 is 9.84 Å². The number of phenolic OH excluding ortho intramolecular Hbond substituents is 1. The molecule has 0 aliphatic carbocycles. The third-order valence-electron chi connectivity index (χ3n) is 1.60. The first-order valence-electron chi connectivity index (χ1n) is 3.61. The van der Waals surface area contributed by atoms with E-state index >= 15 is 0 Å². The molecule has 0 fully saturated rings. The number of methoxy groups -OCH3 is 1. The number of nitriles is 1. The van der Waals surface area contributed by atoms with Crippen LogP contribution in [0.4, 0.5) is 0 Å². The largest absolute Gasteiger partial charge is 0.506 e. The number of hydrogen-bond donors (Lipinski definition) is 1. The highest BCUT2D eigenvalue weighted by Crippen LogP contribution is 2.26. The van der Waals surface area contributed by atoms with Crippen molar-refractivity contribution in [3.8, 4) is 11.8 Å². The minimum atomic E-state index is -0.619. The zero-order valence-electron chi connectivity index (χ0n) is 7.24. The molecule has 1 aromatic carbocycles. The fourth-order valence-corrected chi connectivity index (χ4v) is 1.20. The number of phenols is 1. The van der Waals surface area contributed by atoms with E-state index in [4.69, 9.17) is 16.9 Å². The summed E-state index contributed by atoms with van der Waals surface area (Å²) in [6, 6.07) is 4.12. The molecule has 1 rings (SSSR count). The van der Waals surface area contributed by atoms with Crippen LogP contribution >= 0.6 is 11.6 Å². The first-order chi connectivity index (χ1) is 6.60. The topological polar surface area (TPSA) is 70.3 Å². The Bertz CT molecular complexity index is 400. The minimum absolute atomic E-state index is 0.0212. The van der Waals surface area contributed by atoms with Crippen LogP contribution in [-0.4, -0.2) is 18.2 Å². The van der Waals surface area contributed by atoms with Crippen LogP contribution in [0.15, 0.2) is 12.1 Å². The summed E-state index contributed by atoms with van der Waals surface area (Å²) in [5.74, 6) is -0.952. The highest BCUT2D eigenvalue weighted by atomic mass is 35.5. The van der Waals surface area contributed by atoms with Gasteiger partial charge in [0, 0.05) is 0 Å². The minimum Gasteiger partial charge on any atom is -0.506 e. The maximum Gasteiger partial charge on any atom is 0.338 e. The monoisotopic (exact) mass is 211 g/mol. The van der Waals surface area contributed by atoms with Crippen molar-refractivity contribution >= 4 is 17.6 Å². The Balaban J connectivity index is 3.29. The van der Waals surface area contributed by atoms with Gasteiger partial charge in [-0.05, 0) is 12.1 Å². The first kappa shape index (κ1) is 10.4. The average molecular weight is 212 g/mol. The lowest BCUT2D eigenvalue weighted by atomic mass is 10.1. The van der Waals surface area contributed by atoms with Crippen molar-refractivity contribution in [1.82, 2.24) is 0 Å². The maximum absolute atomic E-state index is 11.0. The summed E-state index contributed by atoms with van der Waals surface area (Å²) >= 11 is 5.65. The van der Waals surface area contributed by atoms with Crippen LogP contribution in [0.25, 0.3) is 0 Å². The highest BCUT2D eigenvalue weighted by molar-refractivity contribution is 6.32. The molecule has 0 aliphatic rings. The molecular weight excluding hydrogens is 206 g/mol. The fraction of sp³-hybridized carbons (Fsp3) is 0.111. The van der Waals surface area contributed by atoms with E-state index in [-0.39, 0.29) is 21.9 Å². The fourth-order valence-electron chi connectivity index (χ4n) is 0.939. The average Bonchev–Trinajstić information content (AvgIpc) is 2.16. The van der Waals surface area contributed by atoms with Gasteiger partial charge in [0.1, 0.15) is 17.4 Å². The van der Waals surface area contributed by atoms with Crippen molar-refractivity contribution < 1.29 is 14.6 Å². The number of esters is 1. The Morgan fingerprint density at radius 1 is 1.64 bits per heavy atom. The Morgan fingerprint density at radius 2 is 2.29 bits per heavy atom. The molecule has 1 aromatic rings. The predicted octanol–water partition coefficient (Wildman–Crippen LogP) is 1.70. The third kappa shape index (κ3) is 1.78. The van der Waals surface area contributed by atoms with E-state index in [0.29, 0.717) is 0 Å². The Hall–Kier alpha value is -1.73. The molecule has 5 heteroatoms. The van der Waals surface area contributed by atoms with Crippen LogP contribution in [0.5, 0.6) is 5.75 Å². The second-order valence-electron chi connectivity index (χ2n) is 2.46. The van der Waals surface area contributed by atoms with Gasteiger partial charge in [-0.2, -0.15) is 5.26 Å². The van der Waals surface area contributed by atoms with Crippen LogP contribution in [0.1, 0.15) is 15.9 Å². The van der Waals surface area contributed by atoms with Crippen molar-refractivity contribution in [3.05, 3.63) is 28.3 Å². The van der Waals surface area contributed by atoms with Gasteiger partial charge in [-0.25, -0.2) is 4.79 Å². The zero-order valence-corrected chi connectivity index (χ0v) is 8.00. The SMILES string of the molecule is COC(=O)c1cc(O)c(C#N)c(Cl)c1. The number of carbonyl (C=O) groups is 1. The molecule has 72 valence electrons. The van der Waals surface area contributed by atoms with E-state index < -0.39 is 5.97 Å². The molecule has 4 nitrogen and oxygen atoms in total. The molecular formula is C9H6ClNO3. The van der Waals surface area contributed by atoms with Crippen LogP contribution < -0.4 is 0 Å². The molecule has 0 spiro atoms. The number of nitrogens with zero attached hydrogens (tertiary/aromatic N) is 1. The second-order valence-corrected chi connectivity index (χ2v) is 2.86. The van der Waals surface area contributed by atoms with E-state index in [9.17, 15) is 9.90 Å². The number of ether oxygens (including phenoxy) is 1. The number of hydrogen-bond acceptors (Lipinski definition) is 4. The van der Waals surface area contributed by atoms with Crippen molar-refractivity contribution in [2.24, 2.45) is 0 Å². The Labute approximate surface area is 85.3 Å². The molecule has 14 heavy (non-hydrogen) atoms. The van der Waals surface area contributed by atoms with E-state index in [1.807, 2.05) is 0 Å². The zero-order chi connectivity index (χ0) is 10.7. The molecule has 0 bridgehead atoms. The highest BCUT2D eigenvalue weighted by Gasteiger charge is 2.13. The van der Waals surface area contributed by atoms with Gasteiger partial charge in [0.2, 0.25) is 0 Å². The summed E-state index contributed by atoms with van der Waals surface area (Å²) in [7, 11) is 1.21. The lowest BCUT2D eigenvalue weighted by Crippen LogP contribution is -2.01. The molecule has 0 aliphatic heterocycles. The predicted molar refractivity (Wildman–Crippen MR) is 49.2 cm³/mol. The van der Waals surface area contributed by atoms with Crippen molar-refractivity contribution in [1.29, 1.82) is 5.26 Å². The van der Waals surface area contributed by atoms with Gasteiger partial charge in [0.15, 0.2) is 0 Å². The smallest absolute Gasteiger partial charge is 0.338 e. The van der Waals surface area contributed by atoms with E-state index in [1.165, 1.54) is 13.2 Å². The van der Waals surface area contributed by atoms with E-state index in [0.717, 1.165) is 6.07 Å². The van der Waals surface area contributed by atoms with E-state index in [1.54, 1.807) is 6.07 Å². The van der Waals surface area contributed by atoms with Gasteiger partial charge >= 0.3 is 5.97 Å². The summed E-state index contributed by atoms with van der Waals surface area (Å²) in [6.07, 6.45) is 0. The standard InChI is InChI=1S/C9H6ClNO3/c1-14-9(13)5-2-7(10)6(4-11)8(12)3-5/h2-3,12H,1H3. The van der Waals surface area contributed by atoms with Crippen molar-refractivity contribution in [2.45, 2.75) is 0 Å². The second kappa shape index (κ2) is 3.99. The Morgan fingerprint density at radius 3 is 2.71 bits per heavy atom. The van der Waals surface area contributed by atoms with Gasteiger partial charge in [0.25, 0.3) is 0 Å². The van der Waals surface area contributed by atoms with Gasteiger partial charge in [0.05, 0.1) is 17.7 Å². The summed E-state index contributed by atoms with van der Waals surface area (Å²) in [6.45, 7) is 0. The maximum atomic E-state index is 11.0. The quantitative estimate of drug-likeness (QED) is 0.718. The number of carbonyl (C=O) groups excluding carboxylic acids is 1. The first-order valence-corrected chi connectivity index (χ1v) is 3.99. The summed E-state index contributed by atoms with van der Waals surface area (Å²) in [5, 5.41) is 17.9. The number of halogens is 1. The molecule has 0 aromatic heterocycles. The normalized spacial score (nSPS) is 9.21. The number of rotatable bonds is 1. The van der Waals surface area contributed by atoms with Crippen molar-refractivity contribution in [3.63, 3.8) is 0 Å². The lowest BCUT2D eigenvalue weighted by molar-refractivity contribution is 0.0600. The van der Waals surface area contributed by atoms with Gasteiger partial charge in [-0.15, -0.1) is 0 Å². The summed E-state index contributed by atoms with van der Waals surface area (Å²) in [4.78, 5) is 11.0. The number of benzene rings is 1. The molecule has 0 saturated carbocycles. The summed E-state index contributed by atoms with van der Waals surface area (Å²) in [5.41, 5.74) is 0.0494. The van der Waals surface area contributed by atoms with Crippen LogP contribution in [0.2, 0.25) is 5.02 Å². The summed E-state index contributed by atoms with van der Waals surface area (Å²) < 4.78 is 4.43. The van der Waals surface area contributed by atoms with Crippen LogP contribution in [0, 0.1) is 11.3 Å². The molecule has 0 radical (unpaired) electrons. The Kier molecular flexibility index (Phi) is 2.95. The van der Waals surface area contributed by atoms with E-state index in [2.05, 4.69) is 4.74 Å². The molecule has 0 unspecified atom stereocenters. The lowest BCUT2D eigenvalue weighted by Gasteiger charge is -2.03. The molecule has 0 atom stereocenters. The molecule has 1 N–H and O–H groups in total. The third-order valence-corrected chi connectivity index (χ3v) is 1.90. The van der Waals surface area contributed by atoms with Gasteiger partial charge in [-0.1, -0.05) is 11.6 Å².